The van der Waals surface area contributed by atoms with Gasteiger partial charge >= 0.3 is 0 Å². The second-order valence-electron chi connectivity index (χ2n) is 5.95. The maximum absolute atomic E-state index is 12.0. The van der Waals surface area contributed by atoms with Crippen LogP contribution in [0.2, 0.25) is 0 Å². The van der Waals surface area contributed by atoms with Crippen molar-refractivity contribution < 1.29 is 14.3 Å². The molecule has 158 valence electrons. The maximum Gasteiger partial charge on any atom is 0.251 e. The molecule has 0 aromatic heterocycles. The predicted molar refractivity (Wildman–Crippen MR) is 128 cm³/mol. The Kier molecular flexibility index (Phi) is 10.9. The number of rotatable bonds is 8. The number of hydrogen-bond acceptors (Lipinski definition) is 4. The van der Waals surface area contributed by atoms with Crippen molar-refractivity contribution in [1.29, 1.82) is 0 Å². The van der Waals surface area contributed by atoms with Crippen molar-refractivity contribution in [3.05, 3.63) is 53.6 Å². The van der Waals surface area contributed by atoms with E-state index < -0.39 is 0 Å². The average molecular weight is 512 g/mol. The molecule has 0 aliphatic rings. The van der Waals surface area contributed by atoms with Crippen LogP contribution in [0, 0.1) is 0 Å². The standard InChI is InChI=1S/C21H28N4O3.HI/c1-5-22-20(26)16-9-7-8-15(12-16)14-24-21(23-6-2)25-17-10-11-18(27-3)19(13-17)28-4;/h7-13H,5-6,14H2,1-4H3,(H,22,26)(H2,23,24,25);1H. The van der Waals surface area contributed by atoms with E-state index in [2.05, 4.69) is 20.9 Å². The fraction of sp³-hybridized carbons (Fsp3) is 0.333. The van der Waals surface area contributed by atoms with Crippen LogP contribution >= 0.6 is 24.0 Å². The van der Waals surface area contributed by atoms with E-state index in [0.717, 1.165) is 17.8 Å². The normalized spacial score (nSPS) is 10.6. The first-order valence-electron chi connectivity index (χ1n) is 9.25. The lowest BCUT2D eigenvalue weighted by molar-refractivity contribution is 0.0955. The SMILES string of the molecule is CCNC(=O)c1cccc(CN=C(NCC)Nc2ccc(OC)c(OC)c2)c1.I. The first kappa shape index (κ1) is 24.5. The lowest BCUT2D eigenvalue weighted by atomic mass is 10.1. The number of benzene rings is 2. The summed E-state index contributed by atoms with van der Waals surface area (Å²) in [4.78, 5) is 16.6. The number of anilines is 1. The Bertz CT molecular complexity index is 827. The van der Waals surface area contributed by atoms with Crippen LogP contribution in [-0.2, 0) is 6.54 Å². The second-order valence-corrected chi connectivity index (χ2v) is 5.95. The van der Waals surface area contributed by atoms with E-state index in [1.807, 2.05) is 50.2 Å². The van der Waals surface area contributed by atoms with Crippen molar-refractivity contribution in [1.82, 2.24) is 10.6 Å². The van der Waals surface area contributed by atoms with Gasteiger partial charge in [-0.15, -0.1) is 24.0 Å². The molecule has 0 spiro atoms. The minimum Gasteiger partial charge on any atom is -0.493 e. The van der Waals surface area contributed by atoms with Crippen molar-refractivity contribution in [2.45, 2.75) is 20.4 Å². The van der Waals surface area contributed by atoms with Crippen LogP contribution in [0.3, 0.4) is 0 Å². The molecule has 7 nitrogen and oxygen atoms in total. The number of ether oxygens (including phenoxy) is 2. The first-order valence-corrected chi connectivity index (χ1v) is 9.25. The maximum atomic E-state index is 12.0. The number of amides is 1. The number of carbonyl (C=O) groups is 1. The molecule has 0 saturated carbocycles. The van der Waals surface area contributed by atoms with E-state index in [1.165, 1.54) is 0 Å². The molecule has 0 saturated heterocycles. The van der Waals surface area contributed by atoms with Gasteiger partial charge < -0.3 is 25.4 Å². The Hall–Kier alpha value is -2.49. The minimum absolute atomic E-state index is 0. The summed E-state index contributed by atoms with van der Waals surface area (Å²) in [5.41, 5.74) is 2.41. The number of aliphatic imine (C=N–C) groups is 1. The molecular weight excluding hydrogens is 483 g/mol. The molecule has 0 atom stereocenters. The van der Waals surface area contributed by atoms with E-state index in [-0.39, 0.29) is 29.9 Å². The summed E-state index contributed by atoms with van der Waals surface area (Å²) >= 11 is 0. The third kappa shape index (κ3) is 7.45. The Morgan fingerprint density at radius 3 is 2.34 bits per heavy atom. The van der Waals surface area contributed by atoms with Gasteiger partial charge in [0.2, 0.25) is 0 Å². The molecular formula is C21H29IN4O3. The summed E-state index contributed by atoms with van der Waals surface area (Å²) in [7, 11) is 3.20. The van der Waals surface area contributed by atoms with Gasteiger partial charge in [-0.1, -0.05) is 12.1 Å². The largest absolute Gasteiger partial charge is 0.493 e. The van der Waals surface area contributed by atoms with Gasteiger partial charge in [0, 0.05) is 30.4 Å². The van der Waals surface area contributed by atoms with Crippen molar-refractivity contribution in [3.8, 4) is 11.5 Å². The summed E-state index contributed by atoms with van der Waals surface area (Å²) in [6.07, 6.45) is 0. The van der Waals surface area contributed by atoms with Gasteiger partial charge in [-0.3, -0.25) is 4.79 Å². The van der Waals surface area contributed by atoms with Crippen LogP contribution in [0.15, 0.2) is 47.5 Å². The average Bonchev–Trinajstić information content (AvgIpc) is 2.72. The highest BCUT2D eigenvalue weighted by molar-refractivity contribution is 14.0. The zero-order chi connectivity index (χ0) is 20.4. The van der Waals surface area contributed by atoms with Gasteiger partial charge in [-0.2, -0.15) is 0 Å². The quantitative estimate of drug-likeness (QED) is 0.286. The molecule has 0 aliphatic heterocycles. The number of halogens is 1. The summed E-state index contributed by atoms with van der Waals surface area (Å²) in [6.45, 7) is 5.66. The first-order chi connectivity index (χ1) is 13.6. The lowest BCUT2D eigenvalue weighted by Gasteiger charge is -2.14. The van der Waals surface area contributed by atoms with E-state index in [4.69, 9.17) is 9.47 Å². The van der Waals surface area contributed by atoms with Crippen LogP contribution in [0.1, 0.15) is 29.8 Å². The molecule has 0 radical (unpaired) electrons. The minimum atomic E-state index is -0.0799. The topological polar surface area (TPSA) is 84.0 Å². The van der Waals surface area contributed by atoms with Gasteiger partial charge in [0.05, 0.1) is 20.8 Å². The van der Waals surface area contributed by atoms with E-state index in [1.54, 1.807) is 20.3 Å². The summed E-state index contributed by atoms with van der Waals surface area (Å²) in [6, 6.07) is 13.0. The molecule has 1 amide bonds. The number of nitrogens with one attached hydrogen (secondary N) is 3. The van der Waals surface area contributed by atoms with Crippen LogP contribution in [0.25, 0.3) is 0 Å². The molecule has 0 bridgehead atoms. The van der Waals surface area contributed by atoms with Crippen LogP contribution in [-0.4, -0.2) is 39.2 Å². The summed E-state index contributed by atoms with van der Waals surface area (Å²) in [5, 5.41) is 9.28. The van der Waals surface area contributed by atoms with Crippen molar-refractivity contribution in [3.63, 3.8) is 0 Å². The molecule has 3 N–H and O–H groups in total. The van der Waals surface area contributed by atoms with Gasteiger partial charge in [0.15, 0.2) is 17.5 Å². The van der Waals surface area contributed by atoms with Crippen molar-refractivity contribution >= 4 is 41.5 Å². The molecule has 29 heavy (non-hydrogen) atoms. The number of methoxy groups -OCH3 is 2. The van der Waals surface area contributed by atoms with E-state index in [9.17, 15) is 4.79 Å². The zero-order valence-corrected chi connectivity index (χ0v) is 19.6. The molecule has 0 fully saturated rings. The van der Waals surface area contributed by atoms with E-state index in [0.29, 0.717) is 36.1 Å². The van der Waals surface area contributed by atoms with Crippen LogP contribution in [0.5, 0.6) is 11.5 Å². The fourth-order valence-electron chi connectivity index (χ4n) is 2.60. The van der Waals surface area contributed by atoms with Gasteiger partial charge in [-0.25, -0.2) is 4.99 Å². The Labute approximate surface area is 189 Å². The third-order valence-corrected chi connectivity index (χ3v) is 3.94. The molecule has 2 aromatic carbocycles. The molecule has 0 unspecified atom stereocenters. The van der Waals surface area contributed by atoms with Gasteiger partial charge in [-0.05, 0) is 43.7 Å². The van der Waals surface area contributed by atoms with Crippen molar-refractivity contribution in [2.75, 3.05) is 32.6 Å². The molecule has 2 rings (SSSR count). The van der Waals surface area contributed by atoms with Crippen molar-refractivity contribution in [2.24, 2.45) is 4.99 Å². The highest BCUT2D eigenvalue weighted by Crippen LogP contribution is 2.29. The van der Waals surface area contributed by atoms with Crippen LogP contribution < -0.4 is 25.4 Å². The van der Waals surface area contributed by atoms with E-state index >= 15 is 0 Å². The molecule has 0 aliphatic carbocycles. The number of nitrogens with zero attached hydrogens (tertiary/aromatic N) is 1. The smallest absolute Gasteiger partial charge is 0.251 e. The summed E-state index contributed by atoms with van der Waals surface area (Å²) < 4.78 is 10.6. The number of hydrogen-bond donors (Lipinski definition) is 3. The highest BCUT2D eigenvalue weighted by Gasteiger charge is 2.07. The second kappa shape index (κ2) is 12.9. The predicted octanol–water partition coefficient (Wildman–Crippen LogP) is 3.65. The number of guanidine groups is 1. The fourth-order valence-corrected chi connectivity index (χ4v) is 2.60. The summed E-state index contributed by atoms with van der Waals surface area (Å²) in [5.74, 6) is 1.86. The molecule has 2 aromatic rings. The lowest BCUT2D eigenvalue weighted by Crippen LogP contribution is -2.30. The van der Waals surface area contributed by atoms with Gasteiger partial charge in [0.1, 0.15) is 0 Å². The Morgan fingerprint density at radius 2 is 1.69 bits per heavy atom. The Balaban J connectivity index is 0.00000420. The zero-order valence-electron chi connectivity index (χ0n) is 17.2. The Morgan fingerprint density at radius 1 is 0.966 bits per heavy atom. The molecule has 0 heterocycles. The highest BCUT2D eigenvalue weighted by atomic mass is 127. The molecule has 8 heteroatoms. The monoisotopic (exact) mass is 512 g/mol. The third-order valence-electron chi connectivity index (χ3n) is 3.94. The van der Waals surface area contributed by atoms with Gasteiger partial charge in [0.25, 0.3) is 5.91 Å². The van der Waals surface area contributed by atoms with Crippen LogP contribution in [0.4, 0.5) is 5.69 Å². The number of carbonyl (C=O) groups excluding carboxylic acids is 1.